The number of nitrogens with one attached hydrogen (secondary N) is 2. The fourth-order valence-corrected chi connectivity index (χ4v) is 2.32. The Morgan fingerprint density at radius 3 is 2.88 bits per heavy atom. The first-order valence-corrected chi connectivity index (χ1v) is 7.72. The van der Waals surface area contributed by atoms with Gasteiger partial charge in [-0.15, -0.1) is 0 Å². The van der Waals surface area contributed by atoms with Gasteiger partial charge in [0.25, 0.3) is 5.56 Å². The SMILES string of the molecule is CCCC(=O)NCC(=O)[C@H](C#N)c1nc2cc(Cl)ccc2c(=O)[nH]1. The average molecular weight is 347 g/mol. The predicted molar refractivity (Wildman–Crippen MR) is 88.7 cm³/mol. The van der Waals surface area contributed by atoms with E-state index in [-0.39, 0.29) is 18.3 Å². The number of rotatable bonds is 6. The minimum Gasteiger partial charge on any atom is -0.349 e. The Hall–Kier alpha value is -2.72. The first-order chi connectivity index (χ1) is 11.5. The lowest BCUT2D eigenvalue weighted by Crippen LogP contribution is -2.32. The molecule has 1 atom stereocenters. The van der Waals surface area contributed by atoms with Crippen molar-refractivity contribution < 1.29 is 9.59 Å². The fraction of sp³-hybridized carbons (Fsp3) is 0.312. The monoisotopic (exact) mass is 346 g/mol. The number of nitrogens with zero attached hydrogens (tertiary/aromatic N) is 2. The van der Waals surface area contributed by atoms with Crippen LogP contribution in [0, 0.1) is 11.3 Å². The van der Waals surface area contributed by atoms with Gasteiger partial charge in [0.15, 0.2) is 11.7 Å². The standard InChI is InChI=1S/C16H15ClN4O3/c1-2-3-14(23)19-8-13(22)11(7-18)15-20-12-6-9(17)4-5-10(12)16(24)21-15/h4-6,11H,2-3,8H2,1H3,(H,19,23)(H,20,21,24)/t11-/m0/s1. The van der Waals surface area contributed by atoms with Crippen molar-refractivity contribution in [3.05, 3.63) is 39.4 Å². The highest BCUT2D eigenvalue weighted by Crippen LogP contribution is 2.17. The minimum absolute atomic E-state index is 0.0630. The molecule has 0 unspecified atom stereocenters. The number of H-pyrrole nitrogens is 1. The van der Waals surface area contributed by atoms with Crippen LogP contribution in [0.25, 0.3) is 10.9 Å². The number of Topliss-reactive ketones (excluding diaryl/α,β-unsaturated/α-hetero) is 1. The molecule has 8 heteroatoms. The number of amides is 1. The number of nitriles is 1. The molecule has 0 aliphatic heterocycles. The Labute approximate surface area is 142 Å². The molecule has 1 heterocycles. The Morgan fingerprint density at radius 2 is 2.21 bits per heavy atom. The summed E-state index contributed by atoms with van der Waals surface area (Å²) in [6.07, 6.45) is 0.954. The molecule has 0 radical (unpaired) electrons. The average Bonchev–Trinajstić information content (AvgIpc) is 2.53. The van der Waals surface area contributed by atoms with E-state index < -0.39 is 17.3 Å². The molecule has 0 aliphatic carbocycles. The van der Waals surface area contributed by atoms with E-state index in [2.05, 4.69) is 15.3 Å². The first-order valence-electron chi connectivity index (χ1n) is 7.34. The zero-order chi connectivity index (χ0) is 17.7. The number of ketones is 1. The van der Waals surface area contributed by atoms with E-state index in [1.807, 2.05) is 13.0 Å². The van der Waals surface area contributed by atoms with E-state index in [0.717, 1.165) is 0 Å². The molecule has 124 valence electrons. The van der Waals surface area contributed by atoms with Crippen LogP contribution in [0.2, 0.25) is 5.02 Å². The van der Waals surface area contributed by atoms with Gasteiger partial charge in [-0.05, 0) is 24.6 Å². The lowest BCUT2D eigenvalue weighted by Gasteiger charge is -2.09. The van der Waals surface area contributed by atoms with Crippen molar-refractivity contribution in [3.63, 3.8) is 0 Å². The lowest BCUT2D eigenvalue weighted by molar-refractivity contribution is -0.125. The summed E-state index contributed by atoms with van der Waals surface area (Å²) in [5.41, 5.74) is -0.168. The van der Waals surface area contributed by atoms with Crippen LogP contribution < -0.4 is 10.9 Å². The molecule has 1 aromatic heterocycles. The molecule has 2 rings (SSSR count). The number of hydrogen-bond acceptors (Lipinski definition) is 5. The van der Waals surface area contributed by atoms with E-state index in [9.17, 15) is 19.6 Å². The third-order valence-electron chi connectivity index (χ3n) is 3.35. The highest BCUT2D eigenvalue weighted by molar-refractivity contribution is 6.31. The van der Waals surface area contributed by atoms with Crippen molar-refractivity contribution in [2.75, 3.05) is 6.54 Å². The maximum Gasteiger partial charge on any atom is 0.258 e. The third kappa shape index (κ3) is 3.97. The summed E-state index contributed by atoms with van der Waals surface area (Å²) in [6, 6.07) is 6.37. The second-order valence-corrected chi connectivity index (χ2v) is 5.60. The zero-order valence-electron chi connectivity index (χ0n) is 12.9. The molecule has 1 aromatic carbocycles. The summed E-state index contributed by atoms with van der Waals surface area (Å²) in [5.74, 6) is -2.16. The van der Waals surface area contributed by atoms with E-state index in [1.54, 1.807) is 6.07 Å². The van der Waals surface area contributed by atoms with Crippen LogP contribution in [0.15, 0.2) is 23.0 Å². The van der Waals surface area contributed by atoms with Gasteiger partial charge in [-0.1, -0.05) is 18.5 Å². The van der Waals surface area contributed by atoms with E-state index in [0.29, 0.717) is 28.8 Å². The summed E-state index contributed by atoms with van der Waals surface area (Å²) in [4.78, 5) is 42.3. The van der Waals surface area contributed by atoms with Crippen LogP contribution in [0.4, 0.5) is 0 Å². The van der Waals surface area contributed by atoms with Gasteiger partial charge in [-0.2, -0.15) is 5.26 Å². The van der Waals surface area contributed by atoms with E-state index in [1.165, 1.54) is 12.1 Å². The van der Waals surface area contributed by atoms with Crippen LogP contribution in [0.5, 0.6) is 0 Å². The Bertz CT molecular complexity index is 885. The molecule has 7 nitrogen and oxygen atoms in total. The second kappa shape index (κ2) is 7.70. The van der Waals surface area contributed by atoms with Crippen LogP contribution in [0.1, 0.15) is 31.5 Å². The number of benzene rings is 1. The quantitative estimate of drug-likeness (QED) is 0.825. The van der Waals surface area contributed by atoms with Crippen LogP contribution in [-0.2, 0) is 9.59 Å². The number of halogens is 1. The molecule has 1 amide bonds. The maximum atomic E-state index is 12.2. The molecule has 2 N–H and O–H groups in total. The van der Waals surface area contributed by atoms with Gasteiger partial charge in [0.2, 0.25) is 5.91 Å². The molecule has 0 bridgehead atoms. The molecule has 0 aliphatic rings. The van der Waals surface area contributed by atoms with E-state index >= 15 is 0 Å². The van der Waals surface area contributed by atoms with Crippen molar-refractivity contribution >= 4 is 34.2 Å². The van der Waals surface area contributed by atoms with Crippen LogP contribution in [-0.4, -0.2) is 28.2 Å². The molecular weight excluding hydrogens is 332 g/mol. The van der Waals surface area contributed by atoms with Crippen LogP contribution in [0.3, 0.4) is 0 Å². The molecule has 24 heavy (non-hydrogen) atoms. The molecule has 0 saturated carbocycles. The summed E-state index contributed by atoms with van der Waals surface area (Å²) in [5, 5.41) is 12.4. The van der Waals surface area contributed by atoms with E-state index in [4.69, 9.17) is 11.6 Å². The van der Waals surface area contributed by atoms with Crippen molar-refractivity contribution in [2.45, 2.75) is 25.7 Å². The predicted octanol–water partition coefficient (Wildman–Crippen LogP) is 1.67. The summed E-state index contributed by atoms with van der Waals surface area (Å²) in [6.45, 7) is 1.54. The largest absolute Gasteiger partial charge is 0.349 e. The van der Waals surface area contributed by atoms with Gasteiger partial charge in [0.1, 0.15) is 5.82 Å². The summed E-state index contributed by atoms with van der Waals surface area (Å²) >= 11 is 5.88. The molecule has 0 spiro atoms. The molecule has 0 saturated heterocycles. The zero-order valence-corrected chi connectivity index (χ0v) is 13.7. The molecule has 0 fully saturated rings. The maximum absolute atomic E-state index is 12.2. The van der Waals surface area contributed by atoms with Crippen LogP contribution >= 0.6 is 11.6 Å². The third-order valence-corrected chi connectivity index (χ3v) is 3.58. The van der Waals surface area contributed by atoms with Crippen molar-refractivity contribution in [1.82, 2.24) is 15.3 Å². The minimum atomic E-state index is -1.27. The Morgan fingerprint density at radius 1 is 1.46 bits per heavy atom. The lowest BCUT2D eigenvalue weighted by atomic mass is 10.0. The number of carbonyl (C=O) groups excluding carboxylic acids is 2. The Kier molecular flexibility index (Phi) is 5.66. The smallest absolute Gasteiger partial charge is 0.258 e. The first kappa shape index (κ1) is 17.6. The molecular formula is C16H15ClN4O3. The summed E-state index contributed by atoms with van der Waals surface area (Å²) < 4.78 is 0. The molecule has 2 aromatic rings. The second-order valence-electron chi connectivity index (χ2n) is 5.17. The summed E-state index contributed by atoms with van der Waals surface area (Å²) in [7, 11) is 0. The number of aromatic amines is 1. The highest BCUT2D eigenvalue weighted by atomic mass is 35.5. The van der Waals surface area contributed by atoms with Crippen molar-refractivity contribution in [2.24, 2.45) is 0 Å². The van der Waals surface area contributed by atoms with Crippen molar-refractivity contribution in [3.8, 4) is 6.07 Å². The Balaban J connectivity index is 2.29. The normalized spacial score (nSPS) is 11.7. The van der Waals surface area contributed by atoms with Gasteiger partial charge in [0.05, 0.1) is 23.5 Å². The van der Waals surface area contributed by atoms with Crippen molar-refractivity contribution in [1.29, 1.82) is 5.26 Å². The van der Waals surface area contributed by atoms with Gasteiger partial charge in [-0.3, -0.25) is 14.4 Å². The topological polar surface area (TPSA) is 116 Å². The fourth-order valence-electron chi connectivity index (χ4n) is 2.16. The number of aromatic nitrogens is 2. The van der Waals surface area contributed by atoms with Gasteiger partial charge in [0, 0.05) is 11.4 Å². The van der Waals surface area contributed by atoms with Gasteiger partial charge in [-0.25, -0.2) is 4.98 Å². The number of carbonyl (C=O) groups is 2. The highest BCUT2D eigenvalue weighted by Gasteiger charge is 2.23. The number of fused-ring (bicyclic) bond motifs is 1. The van der Waals surface area contributed by atoms with Gasteiger partial charge < -0.3 is 10.3 Å². The van der Waals surface area contributed by atoms with Gasteiger partial charge >= 0.3 is 0 Å². The number of hydrogen-bond donors (Lipinski definition) is 2.